The summed E-state index contributed by atoms with van der Waals surface area (Å²) in [4.78, 5) is 3.59. The number of benzene rings is 1. The molecule has 0 unspecified atom stereocenters. The van der Waals surface area contributed by atoms with Crippen LogP contribution >= 0.6 is 11.6 Å². The Kier molecular flexibility index (Phi) is 5.00. The number of rotatable bonds is 5. The van der Waals surface area contributed by atoms with Crippen LogP contribution in [0.1, 0.15) is 0 Å². The first kappa shape index (κ1) is 17.4. The first-order valence-corrected chi connectivity index (χ1v) is 7.96. The zero-order chi connectivity index (χ0) is 17.1. The molecule has 0 spiro atoms. The smallest absolute Gasteiger partial charge is 0.422 e. The third-order valence-electron chi connectivity index (χ3n) is 2.50. The molecule has 1 heterocycles. The topological polar surface area (TPSA) is 68.3 Å². The van der Waals surface area contributed by atoms with Gasteiger partial charge < -0.3 is 4.74 Å². The lowest BCUT2D eigenvalue weighted by Gasteiger charge is -2.10. The molecule has 0 aliphatic heterocycles. The van der Waals surface area contributed by atoms with Gasteiger partial charge in [0, 0.05) is 11.1 Å². The first-order chi connectivity index (χ1) is 10.7. The van der Waals surface area contributed by atoms with Crippen molar-refractivity contribution in [3.05, 3.63) is 47.6 Å². The summed E-state index contributed by atoms with van der Waals surface area (Å²) in [6.45, 7) is -1.48. The standard InChI is InChI=1S/C13H10ClF3N2O3S/c14-9-1-4-11(5-2-9)23(20,21)19-10-3-6-12(18-7-10)22-8-13(15,16)17/h1-7,19H,8H2. The van der Waals surface area contributed by atoms with Crippen LogP contribution in [0.4, 0.5) is 18.9 Å². The summed E-state index contributed by atoms with van der Waals surface area (Å²) >= 11 is 5.68. The number of hydrogen-bond acceptors (Lipinski definition) is 4. The predicted molar refractivity (Wildman–Crippen MR) is 78.0 cm³/mol. The minimum Gasteiger partial charge on any atom is -0.468 e. The number of aromatic nitrogens is 1. The van der Waals surface area contributed by atoms with E-state index >= 15 is 0 Å². The predicted octanol–water partition coefficient (Wildman–Crippen LogP) is 3.48. The third kappa shape index (κ3) is 5.29. The average Bonchev–Trinajstić information content (AvgIpc) is 2.46. The summed E-state index contributed by atoms with van der Waals surface area (Å²) in [6.07, 6.45) is -3.42. The monoisotopic (exact) mass is 366 g/mol. The van der Waals surface area contributed by atoms with Crippen molar-refractivity contribution in [1.82, 2.24) is 4.98 Å². The lowest BCUT2D eigenvalue weighted by atomic mass is 10.4. The van der Waals surface area contributed by atoms with Gasteiger partial charge in [0.25, 0.3) is 10.0 Å². The molecule has 2 aromatic rings. The van der Waals surface area contributed by atoms with Crippen LogP contribution in [0.3, 0.4) is 0 Å². The summed E-state index contributed by atoms with van der Waals surface area (Å²) in [5.41, 5.74) is 0.0827. The number of sulfonamides is 1. The van der Waals surface area contributed by atoms with E-state index in [9.17, 15) is 21.6 Å². The fourth-order valence-electron chi connectivity index (χ4n) is 1.51. The SMILES string of the molecule is O=S(=O)(Nc1ccc(OCC(F)(F)F)nc1)c1ccc(Cl)cc1. The maximum absolute atomic E-state index is 12.1. The Morgan fingerprint density at radius 1 is 1.13 bits per heavy atom. The fraction of sp³-hybridized carbons (Fsp3) is 0.154. The molecule has 124 valence electrons. The third-order valence-corrected chi connectivity index (χ3v) is 4.15. The Bertz CT molecular complexity index is 763. The fourth-order valence-corrected chi connectivity index (χ4v) is 2.68. The molecule has 0 bridgehead atoms. The number of pyridine rings is 1. The van der Waals surface area contributed by atoms with E-state index in [0.717, 1.165) is 12.3 Å². The van der Waals surface area contributed by atoms with Gasteiger partial charge in [-0.05, 0) is 30.3 Å². The van der Waals surface area contributed by atoms with E-state index in [2.05, 4.69) is 14.4 Å². The molecule has 1 aromatic heterocycles. The van der Waals surface area contributed by atoms with Gasteiger partial charge in [-0.1, -0.05) is 11.6 Å². The van der Waals surface area contributed by atoms with Crippen molar-refractivity contribution in [3.63, 3.8) is 0 Å². The first-order valence-electron chi connectivity index (χ1n) is 6.10. The number of hydrogen-bond donors (Lipinski definition) is 1. The highest BCUT2D eigenvalue weighted by molar-refractivity contribution is 7.92. The van der Waals surface area contributed by atoms with Gasteiger partial charge in [0.15, 0.2) is 6.61 Å². The number of nitrogens with one attached hydrogen (secondary N) is 1. The van der Waals surface area contributed by atoms with Crippen LogP contribution in [-0.2, 0) is 10.0 Å². The number of nitrogens with zero attached hydrogens (tertiary/aromatic N) is 1. The van der Waals surface area contributed by atoms with Crippen LogP contribution in [0.25, 0.3) is 0 Å². The summed E-state index contributed by atoms with van der Waals surface area (Å²) in [5.74, 6) is -0.267. The Morgan fingerprint density at radius 3 is 2.30 bits per heavy atom. The highest BCUT2D eigenvalue weighted by atomic mass is 35.5. The van der Waals surface area contributed by atoms with Gasteiger partial charge in [-0.25, -0.2) is 13.4 Å². The van der Waals surface area contributed by atoms with E-state index in [4.69, 9.17) is 11.6 Å². The zero-order valence-electron chi connectivity index (χ0n) is 11.3. The van der Waals surface area contributed by atoms with E-state index < -0.39 is 22.8 Å². The molecular formula is C13H10ClF3N2O3S. The molecule has 0 fully saturated rings. The highest BCUT2D eigenvalue weighted by Gasteiger charge is 2.28. The minimum absolute atomic E-state index is 0.0145. The van der Waals surface area contributed by atoms with Crippen molar-refractivity contribution in [2.45, 2.75) is 11.1 Å². The lowest BCUT2D eigenvalue weighted by Crippen LogP contribution is -2.19. The highest BCUT2D eigenvalue weighted by Crippen LogP contribution is 2.20. The quantitative estimate of drug-likeness (QED) is 0.879. The molecule has 0 atom stereocenters. The summed E-state index contributed by atoms with van der Waals surface area (Å²) in [6, 6.07) is 7.85. The van der Waals surface area contributed by atoms with Gasteiger partial charge in [-0.3, -0.25) is 4.72 Å². The molecule has 1 N–H and O–H groups in total. The van der Waals surface area contributed by atoms with E-state index in [0.29, 0.717) is 5.02 Å². The van der Waals surface area contributed by atoms with E-state index in [1.807, 2.05) is 0 Å². The molecule has 0 saturated carbocycles. The van der Waals surface area contributed by atoms with Crippen LogP contribution in [0.2, 0.25) is 5.02 Å². The van der Waals surface area contributed by atoms with Crippen LogP contribution in [0, 0.1) is 0 Å². The van der Waals surface area contributed by atoms with Gasteiger partial charge in [0.2, 0.25) is 5.88 Å². The Morgan fingerprint density at radius 2 is 1.78 bits per heavy atom. The van der Waals surface area contributed by atoms with Gasteiger partial charge in [0.1, 0.15) is 0 Å². The maximum Gasteiger partial charge on any atom is 0.422 e. The largest absolute Gasteiger partial charge is 0.468 e. The van der Waals surface area contributed by atoms with E-state index in [-0.39, 0.29) is 16.5 Å². The number of ether oxygens (including phenoxy) is 1. The Balaban J connectivity index is 2.07. The van der Waals surface area contributed by atoms with E-state index in [1.54, 1.807) is 0 Å². The average molecular weight is 367 g/mol. The second-order valence-electron chi connectivity index (χ2n) is 4.35. The van der Waals surface area contributed by atoms with Gasteiger partial charge in [-0.15, -0.1) is 0 Å². The van der Waals surface area contributed by atoms with Gasteiger partial charge in [-0.2, -0.15) is 13.2 Å². The molecular weight excluding hydrogens is 357 g/mol. The number of halogens is 4. The van der Waals surface area contributed by atoms with Crippen molar-refractivity contribution in [2.75, 3.05) is 11.3 Å². The van der Waals surface area contributed by atoms with Crippen molar-refractivity contribution < 1.29 is 26.3 Å². The molecule has 23 heavy (non-hydrogen) atoms. The van der Waals surface area contributed by atoms with Crippen LogP contribution in [0.5, 0.6) is 5.88 Å². The summed E-state index contributed by atoms with van der Waals surface area (Å²) < 4.78 is 66.9. The zero-order valence-corrected chi connectivity index (χ0v) is 12.9. The normalized spacial score (nSPS) is 12.0. The molecule has 0 radical (unpaired) electrons. The van der Waals surface area contributed by atoms with Gasteiger partial charge >= 0.3 is 6.18 Å². The second-order valence-corrected chi connectivity index (χ2v) is 6.47. The Labute approximate surface area is 135 Å². The van der Waals surface area contributed by atoms with Gasteiger partial charge in [0.05, 0.1) is 16.8 Å². The molecule has 5 nitrogen and oxygen atoms in total. The molecule has 10 heteroatoms. The molecule has 0 amide bonds. The van der Waals surface area contributed by atoms with Crippen LogP contribution < -0.4 is 9.46 Å². The minimum atomic E-state index is -4.48. The van der Waals surface area contributed by atoms with E-state index in [1.165, 1.54) is 30.3 Å². The molecule has 1 aromatic carbocycles. The summed E-state index contributed by atoms with van der Waals surface area (Å²) in [7, 11) is -3.85. The van der Waals surface area contributed by atoms with Crippen molar-refractivity contribution in [2.24, 2.45) is 0 Å². The van der Waals surface area contributed by atoms with Crippen LogP contribution in [-0.4, -0.2) is 26.2 Å². The van der Waals surface area contributed by atoms with Crippen molar-refractivity contribution in [1.29, 1.82) is 0 Å². The molecule has 2 rings (SSSR count). The number of alkyl halides is 3. The molecule has 0 aliphatic rings. The van der Waals surface area contributed by atoms with Crippen molar-refractivity contribution >= 4 is 27.3 Å². The van der Waals surface area contributed by atoms with Crippen molar-refractivity contribution in [3.8, 4) is 5.88 Å². The maximum atomic E-state index is 12.1. The van der Waals surface area contributed by atoms with Crippen LogP contribution in [0.15, 0.2) is 47.5 Å². The summed E-state index contributed by atoms with van der Waals surface area (Å²) in [5, 5.41) is 0.386. The molecule has 0 saturated heterocycles. The number of anilines is 1. The lowest BCUT2D eigenvalue weighted by molar-refractivity contribution is -0.154. The Hall–Kier alpha value is -2.00. The second kappa shape index (κ2) is 6.63. The molecule has 0 aliphatic carbocycles.